The van der Waals surface area contributed by atoms with Gasteiger partial charge in [-0.2, -0.15) is 10.4 Å². The third kappa shape index (κ3) is 4.28. The fourth-order valence-electron chi connectivity index (χ4n) is 5.95. The summed E-state index contributed by atoms with van der Waals surface area (Å²) >= 11 is 0. The first-order valence-electron chi connectivity index (χ1n) is 13.2. The first-order valence-corrected chi connectivity index (χ1v) is 13.2. The Balaban J connectivity index is 1.48. The molecule has 0 unspecified atom stereocenters. The predicted octanol–water partition coefficient (Wildman–Crippen LogP) is 5.82. The number of hydrogen-bond donors (Lipinski definition) is 1. The number of para-hydroxylation sites is 1. The Hall–Kier alpha value is -4.25. The molecule has 1 aliphatic heterocycles. The molecule has 0 radical (unpaired) electrons. The van der Waals surface area contributed by atoms with Crippen molar-refractivity contribution >= 4 is 22.8 Å². The van der Waals surface area contributed by atoms with Gasteiger partial charge in [-0.05, 0) is 67.0 Å². The quantitative estimate of drug-likeness (QED) is 0.363. The first kappa shape index (κ1) is 24.1. The molecular formula is C30H30N6O2. The van der Waals surface area contributed by atoms with Gasteiger partial charge in [0.05, 0.1) is 22.8 Å². The number of aromatic carboxylic acids is 1. The van der Waals surface area contributed by atoms with Crippen molar-refractivity contribution in [3.8, 4) is 22.9 Å². The molecule has 1 aromatic carbocycles. The van der Waals surface area contributed by atoms with Crippen LogP contribution in [0.2, 0.25) is 0 Å². The van der Waals surface area contributed by atoms with Crippen molar-refractivity contribution in [2.75, 3.05) is 18.0 Å². The van der Waals surface area contributed by atoms with E-state index >= 15 is 0 Å². The predicted molar refractivity (Wildman–Crippen MR) is 145 cm³/mol. The third-order valence-electron chi connectivity index (χ3n) is 7.93. The normalized spacial score (nSPS) is 17.8. The van der Waals surface area contributed by atoms with Crippen molar-refractivity contribution < 1.29 is 9.90 Å². The number of nitriles is 1. The van der Waals surface area contributed by atoms with Crippen LogP contribution in [0.4, 0.5) is 5.82 Å². The number of aromatic nitrogens is 4. The van der Waals surface area contributed by atoms with Crippen LogP contribution in [0.3, 0.4) is 0 Å². The summed E-state index contributed by atoms with van der Waals surface area (Å²) < 4.78 is 1.78. The third-order valence-corrected chi connectivity index (χ3v) is 7.93. The van der Waals surface area contributed by atoms with Gasteiger partial charge < -0.3 is 10.0 Å². The van der Waals surface area contributed by atoms with Gasteiger partial charge in [-0.1, -0.05) is 32.0 Å². The molecule has 2 aliphatic rings. The summed E-state index contributed by atoms with van der Waals surface area (Å²) in [6.07, 6.45) is 5.54. The summed E-state index contributed by atoms with van der Waals surface area (Å²) in [6.45, 7) is 6.14. The number of fused-ring (bicyclic) bond motifs is 1. The molecule has 1 aliphatic carbocycles. The summed E-state index contributed by atoms with van der Waals surface area (Å²) in [6, 6.07) is 17.8. The van der Waals surface area contributed by atoms with Crippen LogP contribution < -0.4 is 4.90 Å². The molecule has 8 nitrogen and oxygen atoms in total. The summed E-state index contributed by atoms with van der Waals surface area (Å²) in [5.74, 6) is 0.184. The molecule has 0 spiro atoms. The van der Waals surface area contributed by atoms with Crippen LogP contribution in [-0.4, -0.2) is 43.9 Å². The SMILES string of the molecule is CC1(C)CC(c2nn(-c3ccccc3)c3nc(C(=O)O)cc(-c4ccc(N5CCC(C#N)CC5)nc4)c23)C1. The Morgan fingerprint density at radius 2 is 1.84 bits per heavy atom. The zero-order valence-electron chi connectivity index (χ0n) is 21.6. The standard InChI is InChI=1S/C30H30N6O2/c1-30(2)15-21(16-30)27-26-23(20-8-9-25(32-18-20)35-12-10-19(17-31)11-13-35)14-24(29(37)38)33-28(26)36(34-27)22-6-4-3-5-7-22/h3-9,14,18-19,21H,10-13,15-16H2,1-2H3,(H,37,38). The van der Waals surface area contributed by atoms with Crippen molar-refractivity contribution in [2.45, 2.75) is 45.4 Å². The molecule has 0 atom stereocenters. The van der Waals surface area contributed by atoms with Gasteiger partial charge in [-0.15, -0.1) is 0 Å². The number of piperidine rings is 1. The van der Waals surface area contributed by atoms with E-state index in [0.29, 0.717) is 5.65 Å². The molecule has 192 valence electrons. The van der Waals surface area contributed by atoms with Crippen LogP contribution in [0.1, 0.15) is 61.6 Å². The molecule has 0 amide bonds. The highest BCUT2D eigenvalue weighted by Gasteiger charge is 2.40. The van der Waals surface area contributed by atoms with Crippen LogP contribution in [0.5, 0.6) is 0 Å². The molecule has 38 heavy (non-hydrogen) atoms. The number of rotatable bonds is 5. The minimum absolute atomic E-state index is 0.0206. The van der Waals surface area contributed by atoms with Crippen LogP contribution in [0.15, 0.2) is 54.7 Å². The number of carbonyl (C=O) groups is 1. The highest BCUT2D eigenvalue weighted by molar-refractivity contribution is 6.00. The molecule has 6 rings (SSSR count). The maximum atomic E-state index is 12.1. The fourth-order valence-corrected chi connectivity index (χ4v) is 5.95. The van der Waals surface area contributed by atoms with Crippen LogP contribution in [-0.2, 0) is 0 Å². The lowest BCUT2D eigenvalue weighted by Gasteiger charge is -2.42. The van der Waals surface area contributed by atoms with Crippen molar-refractivity contribution in [3.05, 3.63) is 66.1 Å². The second-order valence-electron chi connectivity index (χ2n) is 11.3. The van der Waals surface area contributed by atoms with Crippen LogP contribution in [0, 0.1) is 22.7 Å². The fraction of sp³-hybridized carbons (Fsp3) is 0.367. The Bertz CT molecular complexity index is 1540. The molecule has 3 aromatic heterocycles. The van der Waals surface area contributed by atoms with E-state index in [2.05, 4.69) is 29.8 Å². The number of pyridine rings is 2. The Kier molecular flexibility index (Phi) is 5.87. The monoisotopic (exact) mass is 506 g/mol. The Labute approximate surface area is 221 Å². The second kappa shape index (κ2) is 9.25. The van der Waals surface area contributed by atoms with Gasteiger partial charge in [0.1, 0.15) is 5.82 Å². The molecule has 1 N–H and O–H groups in total. The van der Waals surface area contributed by atoms with Gasteiger partial charge in [0.2, 0.25) is 0 Å². The van der Waals surface area contributed by atoms with E-state index in [0.717, 1.165) is 72.5 Å². The van der Waals surface area contributed by atoms with Gasteiger partial charge in [0.15, 0.2) is 11.3 Å². The lowest BCUT2D eigenvalue weighted by atomic mass is 9.63. The molecule has 1 saturated carbocycles. The number of benzene rings is 1. The second-order valence-corrected chi connectivity index (χ2v) is 11.3. The number of carboxylic acids is 1. The summed E-state index contributed by atoms with van der Waals surface area (Å²) in [5.41, 5.74) is 4.22. The lowest BCUT2D eigenvalue weighted by Crippen LogP contribution is -2.33. The Morgan fingerprint density at radius 1 is 1.11 bits per heavy atom. The van der Waals surface area contributed by atoms with Gasteiger partial charge >= 0.3 is 5.97 Å². The molecule has 8 heteroatoms. The van der Waals surface area contributed by atoms with Crippen molar-refractivity contribution in [2.24, 2.45) is 11.3 Å². The molecule has 0 bridgehead atoms. The molecule has 4 heterocycles. The topological polar surface area (TPSA) is 108 Å². The Morgan fingerprint density at radius 3 is 2.45 bits per heavy atom. The highest BCUT2D eigenvalue weighted by Crippen LogP contribution is 2.52. The zero-order valence-corrected chi connectivity index (χ0v) is 21.6. The van der Waals surface area contributed by atoms with E-state index in [9.17, 15) is 15.2 Å². The van der Waals surface area contributed by atoms with Gasteiger partial charge in [-0.25, -0.2) is 19.4 Å². The smallest absolute Gasteiger partial charge is 0.354 e. The van der Waals surface area contributed by atoms with E-state index < -0.39 is 5.97 Å². The minimum atomic E-state index is -1.08. The highest BCUT2D eigenvalue weighted by atomic mass is 16.4. The van der Waals surface area contributed by atoms with E-state index in [1.807, 2.05) is 48.7 Å². The number of anilines is 1. The van der Waals surface area contributed by atoms with Crippen molar-refractivity contribution in [1.29, 1.82) is 5.26 Å². The number of nitrogens with zero attached hydrogens (tertiary/aromatic N) is 6. The molecular weight excluding hydrogens is 476 g/mol. The average molecular weight is 507 g/mol. The van der Waals surface area contributed by atoms with Crippen LogP contribution >= 0.6 is 0 Å². The van der Waals surface area contributed by atoms with Crippen LogP contribution in [0.25, 0.3) is 27.8 Å². The minimum Gasteiger partial charge on any atom is -0.477 e. The van der Waals surface area contributed by atoms with E-state index in [-0.39, 0.29) is 22.9 Å². The first-order chi connectivity index (χ1) is 18.3. The van der Waals surface area contributed by atoms with Gasteiger partial charge in [0, 0.05) is 36.7 Å². The van der Waals surface area contributed by atoms with E-state index in [1.54, 1.807) is 10.7 Å². The lowest BCUT2D eigenvalue weighted by molar-refractivity contribution is 0.0691. The summed E-state index contributed by atoms with van der Waals surface area (Å²) in [5, 5.41) is 25.1. The molecule has 2 fully saturated rings. The molecule has 1 saturated heterocycles. The average Bonchev–Trinajstić information content (AvgIpc) is 3.31. The summed E-state index contributed by atoms with van der Waals surface area (Å²) in [7, 11) is 0. The van der Waals surface area contributed by atoms with Gasteiger partial charge in [0.25, 0.3) is 0 Å². The van der Waals surface area contributed by atoms with E-state index in [1.165, 1.54) is 0 Å². The number of hydrogen-bond acceptors (Lipinski definition) is 6. The molecule has 4 aromatic rings. The zero-order chi connectivity index (χ0) is 26.4. The number of carboxylic acid groups (broad SMARTS) is 1. The van der Waals surface area contributed by atoms with Crippen molar-refractivity contribution in [1.82, 2.24) is 19.7 Å². The van der Waals surface area contributed by atoms with Gasteiger partial charge in [-0.3, -0.25) is 0 Å². The maximum absolute atomic E-state index is 12.1. The largest absolute Gasteiger partial charge is 0.477 e. The summed E-state index contributed by atoms with van der Waals surface area (Å²) in [4.78, 5) is 23.7. The van der Waals surface area contributed by atoms with E-state index in [4.69, 9.17) is 10.1 Å². The van der Waals surface area contributed by atoms with Crippen molar-refractivity contribution in [3.63, 3.8) is 0 Å². The maximum Gasteiger partial charge on any atom is 0.354 e.